The van der Waals surface area contributed by atoms with Crippen molar-refractivity contribution in [3.05, 3.63) is 214 Å². The second-order valence-corrected chi connectivity index (χ2v) is 37.8. The smallest absolute Gasteiger partial charge is 0.416 e. The van der Waals surface area contributed by atoms with Gasteiger partial charge in [0.2, 0.25) is 35.6 Å². The number of hydrogen-bond donors (Lipinski definition) is 8. The second kappa shape index (κ2) is 40.2. The Bertz CT molecular complexity index is 6840. The molecule has 4 aliphatic heterocycles. The zero-order valence-corrected chi connectivity index (χ0v) is 77.8. The molecule has 42 heteroatoms. The van der Waals surface area contributed by atoms with Gasteiger partial charge in [0, 0.05) is 134 Å². The van der Waals surface area contributed by atoms with Crippen molar-refractivity contribution in [2.24, 2.45) is 0 Å². The number of amides is 8. The van der Waals surface area contributed by atoms with Gasteiger partial charge in [0.15, 0.2) is 0 Å². The minimum absolute atomic E-state index is 0.0378. The van der Waals surface area contributed by atoms with Crippen LogP contribution in [0.25, 0.3) is 44.1 Å². The molecule has 4 saturated heterocycles. The third-order valence-electron chi connectivity index (χ3n) is 26.0. The molecule has 32 nitrogen and oxygen atoms in total. The lowest BCUT2D eigenvalue weighted by atomic mass is 10.1. The van der Waals surface area contributed by atoms with Crippen molar-refractivity contribution in [3.8, 4) is 0 Å². The summed E-state index contributed by atoms with van der Waals surface area (Å²) >= 11 is 0. The van der Waals surface area contributed by atoms with Gasteiger partial charge in [0.05, 0.1) is 92.5 Å². The average Bonchev–Trinajstić information content (AvgIpc) is 1.48. The molecule has 8 heterocycles. The Morgan fingerprint density at radius 2 is 0.669 bits per heavy atom. The zero-order chi connectivity index (χ0) is 101. The van der Waals surface area contributed by atoms with E-state index in [0.29, 0.717) is 140 Å². The maximum atomic E-state index is 13.2. The van der Waals surface area contributed by atoms with Crippen molar-refractivity contribution in [2.45, 2.75) is 190 Å². The van der Waals surface area contributed by atoms with E-state index in [0.717, 1.165) is 105 Å². The Kier molecular flexibility index (Phi) is 28.2. The number of carbonyl (C=O) groups excluding carboxylic acids is 8. The van der Waals surface area contributed by atoms with Crippen molar-refractivity contribution in [2.75, 3.05) is 107 Å². The molecular formula is C100H104F10N18O14. The zero-order valence-electron chi connectivity index (χ0n) is 77.8. The number of benzene rings is 8. The summed E-state index contributed by atoms with van der Waals surface area (Å²) in [6, 6.07) is 41.6. The fraction of sp³-hybridized carbons (Fsp3) is 0.400. The van der Waals surface area contributed by atoms with Gasteiger partial charge < -0.3 is 58.0 Å². The molecule has 8 aromatic carbocycles. The summed E-state index contributed by atoms with van der Waals surface area (Å²) in [5.74, 6) is -1.68. The first-order valence-electron chi connectivity index (χ1n) is 46.7. The van der Waals surface area contributed by atoms with Gasteiger partial charge in [-0.3, -0.25) is 69.6 Å². The number of aromatic nitrogens is 8. The summed E-state index contributed by atoms with van der Waals surface area (Å²) in [5.41, 5.74) is 3.57. The summed E-state index contributed by atoms with van der Waals surface area (Å²) in [6.45, 7) is 11.7. The first-order valence-corrected chi connectivity index (χ1v) is 46.7. The molecule has 8 N–H and O–H groups in total. The van der Waals surface area contributed by atoms with E-state index in [1.807, 2.05) is 60.0 Å². The number of alkyl halides is 10. The number of nitrogens with one attached hydrogen (secondary N) is 4. The number of carbonyl (C=O) groups is 8. The van der Waals surface area contributed by atoms with Crippen molar-refractivity contribution in [1.29, 1.82) is 0 Å². The fourth-order valence-corrected chi connectivity index (χ4v) is 18.5. The van der Waals surface area contributed by atoms with Gasteiger partial charge in [0.1, 0.15) is 11.2 Å². The van der Waals surface area contributed by atoms with Crippen LogP contribution in [0.5, 0.6) is 0 Å². The number of rotatable bonds is 28. The number of piperazine rings is 2. The third-order valence-corrected chi connectivity index (χ3v) is 26.0. The van der Waals surface area contributed by atoms with E-state index >= 15 is 0 Å². The first-order chi connectivity index (χ1) is 67.7. The molecule has 2 spiro atoms. The number of fused-ring (bicyclic) bond motifs is 4. The molecule has 4 aliphatic carbocycles. The fourth-order valence-electron chi connectivity index (χ4n) is 18.5. The van der Waals surface area contributed by atoms with E-state index in [-0.39, 0.29) is 106 Å². The molecule has 8 fully saturated rings. The standard InChI is InChI=1S/C27H28F3N5O3.C27H29F2N5O3.C23H23F3N4O4.C23H24F2N4O4/c28-27(29,30)18-4-1-3-17(13-18)24(38)32-25-31-21-14-20(7-8-22(21)34(25)11-2-12-36)35-23(37)15-33(19-5-6-19)16-26(35)9-10-26;28-24(29)17-3-1-4-18(13-17)25(37)31-26-30-21-14-20(7-8-22(21)33(26)11-2-12-35)34-23(36)15-32(19-5-6-19)16-27(34)9-10-27;1-22(2)13-30(21(33)34-22)16-7-8-18-17(12-16)27-20(29(18)9-4-10-31)28-19(32)14-5-3-6-15(11-14)23(24,25)26;1-23(2)13-29(22(32)33-23)16-7-8-18-17(12-16)26-21(28(18)9-4-10-30)27-20(31)15-6-3-5-14(11-15)19(24)25/h1,3-4,7-8,13-14,19,36H,2,5-6,9-12,15-16H2,(H,31,32,38);1,3-4,7-8,13-14,19,24,35H,2,5-6,9-12,15-16H2,(H,30,31,37);3,5-8,11-12,31H,4,9-10,13H2,1-2H3,(H,27,28,32);3,5-8,11-12,19,30H,4,9-10,13H2,1-2H3,(H,26,27,31). The molecule has 4 saturated carbocycles. The number of halogens is 10. The minimum Gasteiger partial charge on any atom is -0.441 e. The third kappa shape index (κ3) is 21.9. The lowest BCUT2D eigenvalue weighted by Gasteiger charge is -2.42. The molecule has 0 bridgehead atoms. The predicted octanol–water partition coefficient (Wildman–Crippen LogP) is 16.8. The van der Waals surface area contributed by atoms with Crippen LogP contribution in [-0.4, -0.2) is 216 Å². The largest absolute Gasteiger partial charge is 0.441 e. The first kappa shape index (κ1) is 99.6. The van der Waals surface area contributed by atoms with E-state index in [1.165, 1.54) is 83.3 Å². The Labute approximate surface area is 806 Å². The molecule has 0 unspecified atom stereocenters. The molecule has 20 rings (SSSR count). The van der Waals surface area contributed by atoms with Crippen molar-refractivity contribution >= 4 is 138 Å². The topological polar surface area (TPSA) is 375 Å². The van der Waals surface area contributed by atoms with Crippen LogP contribution in [0.3, 0.4) is 0 Å². The van der Waals surface area contributed by atoms with Gasteiger partial charge in [0.25, 0.3) is 36.5 Å². The number of cyclic esters (lactones) is 2. The summed E-state index contributed by atoms with van der Waals surface area (Å²) in [4.78, 5) is 132. The molecule has 0 atom stereocenters. The summed E-state index contributed by atoms with van der Waals surface area (Å²) < 4.78 is 148. The minimum atomic E-state index is -4.58. The van der Waals surface area contributed by atoms with Crippen LogP contribution in [-0.2, 0) is 57.6 Å². The van der Waals surface area contributed by atoms with Crippen molar-refractivity contribution in [1.82, 2.24) is 48.0 Å². The van der Waals surface area contributed by atoms with Crippen LogP contribution >= 0.6 is 0 Å². The van der Waals surface area contributed by atoms with Gasteiger partial charge >= 0.3 is 24.5 Å². The van der Waals surface area contributed by atoms with E-state index in [1.54, 1.807) is 68.5 Å². The van der Waals surface area contributed by atoms with Crippen LogP contribution < -0.4 is 40.9 Å². The Balaban J connectivity index is 0.000000130. The molecule has 12 aromatic rings. The molecule has 142 heavy (non-hydrogen) atoms. The lowest BCUT2D eigenvalue weighted by Crippen LogP contribution is -2.59. The van der Waals surface area contributed by atoms with E-state index in [4.69, 9.17) is 9.47 Å². The maximum Gasteiger partial charge on any atom is 0.416 e. The number of imidazole rings is 4. The number of hydrogen-bond acceptors (Lipinski definition) is 20. The highest BCUT2D eigenvalue weighted by molar-refractivity contribution is 6.08. The van der Waals surface area contributed by atoms with Crippen molar-refractivity contribution in [3.63, 3.8) is 0 Å². The number of aryl methyl sites for hydroxylation is 4. The summed E-state index contributed by atoms with van der Waals surface area (Å²) in [6.07, 6.45) is -5.34. The Morgan fingerprint density at radius 1 is 0.387 bits per heavy atom. The Morgan fingerprint density at radius 3 is 0.930 bits per heavy atom. The summed E-state index contributed by atoms with van der Waals surface area (Å²) in [5, 5.41) is 48.0. The van der Waals surface area contributed by atoms with Crippen molar-refractivity contribution < 1.29 is 112 Å². The maximum absolute atomic E-state index is 13.2. The van der Waals surface area contributed by atoms with Gasteiger partial charge in [-0.2, -0.15) is 26.3 Å². The molecule has 8 amide bonds. The van der Waals surface area contributed by atoms with Crippen LogP contribution in [0.2, 0.25) is 0 Å². The highest BCUT2D eigenvalue weighted by Gasteiger charge is 2.58. The number of nitrogens with zero attached hydrogens (tertiary/aromatic N) is 14. The number of aliphatic hydroxyl groups excluding tert-OH is 4. The van der Waals surface area contributed by atoms with E-state index in [9.17, 15) is 103 Å². The average molecular weight is 1970 g/mol. The SMILES string of the molecule is CC1(C)CN(c2ccc3c(c2)nc(NC(=O)c2cccc(C(F)(F)F)c2)n3CCCO)C(=O)O1.CC1(C)CN(c2ccc3c(c2)nc(NC(=O)c2cccc(C(F)F)c2)n3CCCO)C(=O)O1.O=C(Nc1nc2cc(N3C(=O)CN(C4CC4)CC34CC4)ccc2n1CCCO)c1cccc(C(F)(F)F)c1.O=C(Nc1nc2cc(N3C(=O)CN(C4CC4)CC34CC4)ccc2n1CCCO)c1cccc(C(F)F)c1. The number of anilines is 8. The van der Waals surface area contributed by atoms with Crippen LogP contribution in [0, 0.1) is 0 Å². The van der Waals surface area contributed by atoms with Gasteiger partial charge in [-0.25, -0.2) is 47.1 Å². The number of ether oxygens (including phenoxy) is 2. The Hall–Kier alpha value is -13.9. The van der Waals surface area contributed by atoms with Crippen LogP contribution in [0.1, 0.15) is 181 Å². The number of aliphatic hydroxyl groups is 4. The van der Waals surface area contributed by atoms with Gasteiger partial charge in [-0.05, 0) is 238 Å². The van der Waals surface area contributed by atoms with Crippen LogP contribution in [0.4, 0.5) is 100 Å². The van der Waals surface area contributed by atoms with Crippen LogP contribution in [0.15, 0.2) is 170 Å². The second-order valence-electron chi connectivity index (χ2n) is 37.8. The van der Waals surface area contributed by atoms with E-state index < -0.39 is 83.3 Å². The highest BCUT2D eigenvalue weighted by Crippen LogP contribution is 2.52. The predicted molar refractivity (Wildman–Crippen MR) is 507 cm³/mol. The highest BCUT2D eigenvalue weighted by atomic mass is 19.4. The lowest BCUT2D eigenvalue weighted by molar-refractivity contribution is -0.138. The molecule has 4 aromatic heterocycles. The molecular weight excluding hydrogens is 1870 g/mol. The monoisotopic (exact) mass is 1970 g/mol. The molecule has 748 valence electrons. The van der Waals surface area contributed by atoms with Gasteiger partial charge in [-0.15, -0.1) is 0 Å². The quantitative estimate of drug-likeness (QED) is 0.0211. The van der Waals surface area contributed by atoms with E-state index in [2.05, 4.69) is 51.0 Å². The summed E-state index contributed by atoms with van der Waals surface area (Å²) in [7, 11) is 0. The molecule has 8 aliphatic rings. The van der Waals surface area contributed by atoms with Gasteiger partial charge in [-0.1, -0.05) is 36.4 Å². The normalized spacial score (nSPS) is 17.5. The molecule has 0 radical (unpaired) electrons.